The first kappa shape index (κ1) is 20.8. The maximum Gasteiger partial charge on any atom is 0.387 e. The summed E-state index contributed by atoms with van der Waals surface area (Å²) < 4.78 is 53.9. The van der Waals surface area contributed by atoms with E-state index >= 15 is 0 Å². The molecular formula is C18H19F2N5O3S. The van der Waals surface area contributed by atoms with Crippen molar-refractivity contribution in [1.82, 2.24) is 25.1 Å². The highest BCUT2D eigenvalue weighted by Gasteiger charge is 2.13. The Bertz CT molecular complexity index is 1070. The number of rotatable bonds is 8. The number of nitrogens with zero attached hydrogens (tertiary/aromatic N) is 5. The molecule has 1 heterocycles. The zero-order valence-electron chi connectivity index (χ0n) is 15.7. The summed E-state index contributed by atoms with van der Waals surface area (Å²) in [6.07, 6.45) is 1.14. The fourth-order valence-corrected chi connectivity index (χ4v) is 3.40. The van der Waals surface area contributed by atoms with E-state index in [1.807, 2.05) is 18.0 Å². The predicted molar refractivity (Wildman–Crippen MR) is 101 cm³/mol. The fourth-order valence-electron chi connectivity index (χ4n) is 2.77. The van der Waals surface area contributed by atoms with Crippen molar-refractivity contribution in [3.8, 4) is 11.4 Å². The third-order valence-corrected chi connectivity index (χ3v) is 5.16. The molecule has 0 amide bonds. The lowest BCUT2D eigenvalue weighted by atomic mass is 10.2. The second-order valence-electron chi connectivity index (χ2n) is 6.47. The molecule has 0 spiro atoms. The molecule has 1 aromatic heterocycles. The highest BCUT2D eigenvalue weighted by Crippen LogP contribution is 2.18. The average molecular weight is 423 g/mol. The van der Waals surface area contributed by atoms with Crippen LogP contribution in [0.3, 0.4) is 0 Å². The highest BCUT2D eigenvalue weighted by molar-refractivity contribution is 7.90. The third-order valence-electron chi connectivity index (χ3n) is 4.03. The molecule has 0 radical (unpaired) electrons. The van der Waals surface area contributed by atoms with Gasteiger partial charge in [-0.05, 0) is 59.4 Å². The number of alkyl halides is 2. The van der Waals surface area contributed by atoms with Crippen LogP contribution in [0.5, 0.6) is 5.75 Å². The summed E-state index contributed by atoms with van der Waals surface area (Å²) in [5.41, 5.74) is 1.42. The van der Waals surface area contributed by atoms with Crippen molar-refractivity contribution in [2.45, 2.75) is 24.6 Å². The molecule has 11 heteroatoms. The molecular weight excluding hydrogens is 404 g/mol. The Morgan fingerprint density at radius 2 is 1.86 bits per heavy atom. The minimum absolute atomic E-state index is 0.0988. The van der Waals surface area contributed by atoms with Gasteiger partial charge >= 0.3 is 6.61 Å². The molecule has 154 valence electrons. The van der Waals surface area contributed by atoms with Crippen LogP contribution in [0.2, 0.25) is 0 Å². The zero-order chi connectivity index (χ0) is 21.0. The van der Waals surface area contributed by atoms with Crippen LogP contribution in [0.25, 0.3) is 5.69 Å². The first-order valence-electron chi connectivity index (χ1n) is 8.52. The van der Waals surface area contributed by atoms with Gasteiger partial charge in [0.25, 0.3) is 0 Å². The van der Waals surface area contributed by atoms with E-state index in [-0.39, 0.29) is 10.6 Å². The number of benzene rings is 2. The van der Waals surface area contributed by atoms with E-state index in [0.29, 0.717) is 24.6 Å². The van der Waals surface area contributed by atoms with Crippen molar-refractivity contribution in [1.29, 1.82) is 0 Å². The summed E-state index contributed by atoms with van der Waals surface area (Å²) in [6.45, 7) is -2.04. The van der Waals surface area contributed by atoms with Crippen molar-refractivity contribution >= 4 is 9.84 Å². The molecule has 2 aromatic carbocycles. The summed E-state index contributed by atoms with van der Waals surface area (Å²) in [5, 5.41) is 11.7. The van der Waals surface area contributed by atoms with Crippen LogP contribution < -0.4 is 4.74 Å². The van der Waals surface area contributed by atoms with Crippen molar-refractivity contribution < 1.29 is 21.9 Å². The molecule has 0 aliphatic heterocycles. The van der Waals surface area contributed by atoms with E-state index in [1.165, 1.54) is 22.9 Å². The normalized spacial score (nSPS) is 11.9. The van der Waals surface area contributed by atoms with E-state index in [2.05, 4.69) is 20.3 Å². The number of hydrogen-bond donors (Lipinski definition) is 0. The lowest BCUT2D eigenvalue weighted by molar-refractivity contribution is -0.0499. The van der Waals surface area contributed by atoms with E-state index in [1.54, 1.807) is 24.3 Å². The molecule has 0 fully saturated rings. The molecule has 0 aliphatic rings. The first-order chi connectivity index (χ1) is 13.7. The molecule has 0 N–H and O–H groups in total. The number of tetrazole rings is 1. The monoisotopic (exact) mass is 423 g/mol. The third kappa shape index (κ3) is 5.55. The fraction of sp³-hybridized carbons (Fsp3) is 0.278. The second kappa shape index (κ2) is 8.62. The lowest BCUT2D eigenvalue weighted by Crippen LogP contribution is -2.20. The molecule has 0 aliphatic carbocycles. The Morgan fingerprint density at radius 1 is 1.14 bits per heavy atom. The van der Waals surface area contributed by atoms with Gasteiger partial charge in [0.2, 0.25) is 0 Å². The molecule has 3 aromatic rings. The number of sulfone groups is 1. The maximum absolute atomic E-state index is 12.4. The van der Waals surface area contributed by atoms with Crippen LogP contribution in [0.1, 0.15) is 11.4 Å². The summed E-state index contributed by atoms with van der Waals surface area (Å²) >= 11 is 0. The minimum Gasteiger partial charge on any atom is -0.435 e. The summed E-state index contributed by atoms with van der Waals surface area (Å²) in [7, 11) is -1.45. The van der Waals surface area contributed by atoms with Gasteiger partial charge in [0.15, 0.2) is 15.7 Å². The largest absolute Gasteiger partial charge is 0.435 e. The van der Waals surface area contributed by atoms with Gasteiger partial charge in [-0.3, -0.25) is 4.90 Å². The van der Waals surface area contributed by atoms with Gasteiger partial charge in [-0.15, -0.1) is 5.10 Å². The summed E-state index contributed by atoms with van der Waals surface area (Å²) in [6, 6.07) is 12.7. The van der Waals surface area contributed by atoms with E-state index < -0.39 is 16.4 Å². The van der Waals surface area contributed by atoms with Crippen molar-refractivity contribution in [3.05, 3.63) is 59.9 Å². The smallest absolute Gasteiger partial charge is 0.387 e. The zero-order valence-corrected chi connectivity index (χ0v) is 16.6. The maximum atomic E-state index is 12.4. The quantitative estimate of drug-likeness (QED) is 0.549. The number of hydrogen-bond acceptors (Lipinski definition) is 7. The van der Waals surface area contributed by atoms with Crippen LogP contribution in [0.4, 0.5) is 8.78 Å². The topological polar surface area (TPSA) is 90.2 Å². The van der Waals surface area contributed by atoms with Crippen molar-refractivity contribution in [3.63, 3.8) is 0 Å². The first-order valence-corrected chi connectivity index (χ1v) is 10.4. The number of aromatic nitrogens is 4. The van der Waals surface area contributed by atoms with Crippen molar-refractivity contribution in [2.75, 3.05) is 13.3 Å². The van der Waals surface area contributed by atoms with E-state index in [9.17, 15) is 17.2 Å². The van der Waals surface area contributed by atoms with Gasteiger partial charge in [0.05, 0.1) is 17.1 Å². The standard InChI is InChI=1S/C18H19F2N5O3S/c1-24(11-13-4-3-5-15(10-13)28-18(19)20)12-17-21-22-23-25(17)14-6-8-16(9-7-14)29(2,26)27/h3-10,18H,11-12H2,1-2H3. The molecule has 0 unspecified atom stereocenters. The Labute approximate surface area is 166 Å². The number of halogens is 2. The van der Waals surface area contributed by atoms with Crippen LogP contribution in [-0.2, 0) is 22.9 Å². The Morgan fingerprint density at radius 3 is 2.52 bits per heavy atom. The van der Waals surface area contributed by atoms with Gasteiger partial charge in [0, 0.05) is 12.8 Å². The Hall–Kier alpha value is -2.92. The van der Waals surface area contributed by atoms with Gasteiger partial charge in [-0.2, -0.15) is 13.5 Å². The lowest BCUT2D eigenvalue weighted by Gasteiger charge is -2.17. The molecule has 0 bridgehead atoms. The SMILES string of the molecule is CN(Cc1cccc(OC(F)F)c1)Cc1nnnn1-c1ccc(S(C)(=O)=O)cc1. The molecule has 8 nitrogen and oxygen atoms in total. The molecule has 29 heavy (non-hydrogen) atoms. The molecule has 3 rings (SSSR count). The van der Waals surface area contributed by atoms with Gasteiger partial charge in [-0.25, -0.2) is 8.42 Å². The van der Waals surface area contributed by atoms with Crippen LogP contribution in [0.15, 0.2) is 53.4 Å². The molecule has 0 saturated heterocycles. The molecule has 0 saturated carbocycles. The summed E-state index contributed by atoms with van der Waals surface area (Å²) in [4.78, 5) is 2.12. The van der Waals surface area contributed by atoms with E-state index in [4.69, 9.17) is 0 Å². The van der Waals surface area contributed by atoms with Gasteiger partial charge < -0.3 is 4.74 Å². The molecule has 0 atom stereocenters. The highest BCUT2D eigenvalue weighted by atomic mass is 32.2. The summed E-state index contributed by atoms with van der Waals surface area (Å²) in [5.74, 6) is 0.640. The minimum atomic E-state index is -3.29. The average Bonchev–Trinajstić information content (AvgIpc) is 3.08. The Kier molecular flexibility index (Phi) is 6.18. The van der Waals surface area contributed by atoms with E-state index in [0.717, 1.165) is 11.8 Å². The predicted octanol–water partition coefficient (Wildman–Crippen LogP) is 2.30. The van der Waals surface area contributed by atoms with Crippen LogP contribution in [-0.4, -0.2) is 53.4 Å². The van der Waals surface area contributed by atoms with Crippen LogP contribution in [0, 0.1) is 0 Å². The second-order valence-corrected chi connectivity index (χ2v) is 8.49. The van der Waals surface area contributed by atoms with Gasteiger partial charge in [-0.1, -0.05) is 12.1 Å². The van der Waals surface area contributed by atoms with Crippen LogP contribution >= 0.6 is 0 Å². The van der Waals surface area contributed by atoms with Crippen molar-refractivity contribution in [2.24, 2.45) is 0 Å². The Balaban J connectivity index is 1.71. The number of ether oxygens (including phenoxy) is 1. The van der Waals surface area contributed by atoms with Gasteiger partial charge in [0.1, 0.15) is 5.75 Å².